The van der Waals surface area contributed by atoms with E-state index in [2.05, 4.69) is 5.10 Å². The third kappa shape index (κ3) is 3.03. The highest BCUT2D eigenvalue weighted by Crippen LogP contribution is 2.18. The van der Waals surface area contributed by atoms with E-state index in [1.54, 1.807) is 17.0 Å². The zero-order chi connectivity index (χ0) is 16.3. The van der Waals surface area contributed by atoms with Crippen LogP contribution in [-0.4, -0.2) is 27.1 Å². The van der Waals surface area contributed by atoms with E-state index < -0.39 is 5.82 Å². The predicted molar refractivity (Wildman–Crippen MR) is 84.2 cm³/mol. The number of nitrogens with zero attached hydrogens (tertiary/aromatic N) is 3. The van der Waals surface area contributed by atoms with Crippen LogP contribution >= 0.6 is 0 Å². The molecule has 0 saturated heterocycles. The van der Waals surface area contributed by atoms with Gasteiger partial charge in [0.1, 0.15) is 5.82 Å². The zero-order valence-corrected chi connectivity index (χ0v) is 13.6. The number of hydrogen-bond acceptors (Lipinski definition) is 2. The van der Waals surface area contributed by atoms with E-state index in [4.69, 9.17) is 0 Å². The largest absolute Gasteiger partial charge is 0.334 e. The Morgan fingerprint density at radius 2 is 1.95 bits per heavy atom. The molecule has 0 spiro atoms. The number of rotatable bonds is 5. The molecule has 2 aromatic rings. The lowest BCUT2D eigenvalue weighted by Crippen LogP contribution is -2.31. The number of carbonyl (C=O) groups is 1. The molecule has 2 rings (SSSR count). The Morgan fingerprint density at radius 3 is 2.50 bits per heavy atom. The molecule has 0 aliphatic heterocycles. The molecule has 0 radical (unpaired) electrons. The molecule has 0 N–H and O–H groups in total. The summed E-state index contributed by atoms with van der Waals surface area (Å²) in [6, 6.07) is 6.10. The van der Waals surface area contributed by atoms with E-state index in [0.717, 1.165) is 23.5 Å². The second kappa shape index (κ2) is 6.73. The van der Waals surface area contributed by atoms with Gasteiger partial charge in [0.15, 0.2) is 0 Å². The van der Waals surface area contributed by atoms with Gasteiger partial charge in [0.2, 0.25) is 0 Å². The summed E-state index contributed by atoms with van der Waals surface area (Å²) in [5, 5.41) is 4.47. The molecule has 0 fully saturated rings. The van der Waals surface area contributed by atoms with Crippen molar-refractivity contribution >= 4 is 5.91 Å². The summed E-state index contributed by atoms with van der Waals surface area (Å²) in [6.07, 6.45) is 0. The van der Waals surface area contributed by atoms with Gasteiger partial charge in [-0.2, -0.15) is 5.10 Å². The summed E-state index contributed by atoms with van der Waals surface area (Å²) in [4.78, 5) is 14.2. The molecular weight excluding hydrogens is 281 g/mol. The van der Waals surface area contributed by atoms with E-state index in [1.807, 2.05) is 32.4 Å². The molecule has 22 heavy (non-hydrogen) atoms. The van der Waals surface area contributed by atoms with Crippen LogP contribution in [0.3, 0.4) is 0 Å². The number of amides is 1. The van der Waals surface area contributed by atoms with Gasteiger partial charge in [-0.05, 0) is 39.8 Å². The van der Waals surface area contributed by atoms with Crippen LogP contribution in [0.4, 0.5) is 4.39 Å². The summed E-state index contributed by atoms with van der Waals surface area (Å²) in [6.45, 7) is 9.62. The van der Waals surface area contributed by atoms with Crippen molar-refractivity contribution in [2.75, 3.05) is 6.54 Å². The normalized spacial score (nSPS) is 10.8. The molecule has 1 amide bonds. The van der Waals surface area contributed by atoms with Gasteiger partial charge in [-0.3, -0.25) is 9.48 Å². The van der Waals surface area contributed by atoms with Crippen LogP contribution in [0.15, 0.2) is 24.3 Å². The lowest BCUT2D eigenvalue weighted by Gasteiger charge is -2.21. The van der Waals surface area contributed by atoms with Crippen molar-refractivity contribution in [3.63, 3.8) is 0 Å². The molecule has 0 saturated carbocycles. The molecule has 1 aromatic carbocycles. The molecule has 5 heteroatoms. The highest BCUT2D eigenvalue weighted by Gasteiger charge is 2.21. The van der Waals surface area contributed by atoms with Crippen molar-refractivity contribution in [1.82, 2.24) is 14.7 Å². The van der Waals surface area contributed by atoms with Gasteiger partial charge in [-0.25, -0.2) is 4.39 Å². The third-order valence-electron chi connectivity index (χ3n) is 3.95. The number of benzene rings is 1. The first-order valence-corrected chi connectivity index (χ1v) is 7.56. The quantitative estimate of drug-likeness (QED) is 0.850. The van der Waals surface area contributed by atoms with E-state index in [1.165, 1.54) is 12.1 Å². The average molecular weight is 303 g/mol. The highest BCUT2D eigenvalue weighted by molar-refractivity contribution is 5.94. The maximum Gasteiger partial charge on any atom is 0.257 e. The molecular formula is C17H22FN3O. The highest BCUT2D eigenvalue weighted by atomic mass is 19.1. The average Bonchev–Trinajstić information content (AvgIpc) is 2.79. The van der Waals surface area contributed by atoms with Crippen LogP contribution in [0, 0.1) is 19.7 Å². The fourth-order valence-electron chi connectivity index (χ4n) is 2.59. The lowest BCUT2D eigenvalue weighted by molar-refractivity contribution is 0.0747. The van der Waals surface area contributed by atoms with Gasteiger partial charge in [-0.15, -0.1) is 0 Å². The monoisotopic (exact) mass is 303 g/mol. The summed E-state index contributed by atoms with van der Waals surface area (Å²) in [5.41, 5.74) is 3.12. The Balaban J connectivity index is 2.28. The Hall–Kier alpha value is -2.17. The second-order valence-electron chi connectivity index (χ2n) is 5.26. The van der Waals surface area contributed by atoms with Crippen molar-refractivity contribution in [3.05, 3.63) is 52.6 Å². The van der Waals surface area contributed by atoms with E-state index in [9.17, 15) is 9.18 Å². The first-order chi connectivity index (χ1) is 10.5. The van der Waals surface area contributed by atoms with E-state index in [-0.39, 0.29) is 11.5 Å². The second-order valence-corrected chi connectivity index (χ2v) is 5.26. The van der Waals surface area contributed by atoms with E-state index in [0.29, 0.717) is 13.1 Å². The van der Waals surface area contributed by atoms with Crippen LogP contribution in [0.25, 0.3) is 0 Å². The first kappa shape index (κ1) is 16.2. The summed E-state index contributed by atoms with van der Waals surface area (Å²) < 4.78 is 15.8. The molecule has 1 aromatic heterocycles. The molecule has 0 aliphatic carbocycles. The van der Waals surface area contributed by atoms with Crippen LogP contribution in [0.1, 0.15) is 41.2 Å². The molecule has 0 aliphatic rings. The minimum atomic E-state index is -0.483. The SMILES string of the molecule is CCN(Cc1c(C)nn(CC)c1C)C(=O)c1ccccc1F. The summed E-state index contributed by atoms with van der Waals surface area (Å²) >= 11 is 0. The maximum atomic E-state index is 13.8. The molecule has 0 atom stereocenters. The fraction of sp³-hybridized carbons (Fsp3) is 0.412. The van der Waals surface area contributed by atoms with Crippen LogP contribution < -0.4 is 0 Å². The number of aryl methyl sites for hydroxylation is 2. The smallest absolute Gasteiger partial charge is 0.257 e. The number of hydrogen-bond donors (Lipinski definition) is 0. The summed E-state index contributed by atoms with van der Waals surface area (Å²) in [7, 11) is 0. The van der Waals surface area contributed by atoms with Gasteiger partial charge >= 0.3 is 0 Å². The molecule has 1 heterocycles. The topological polar surface area (TPSA) is 38.1 Å². The molecule has 0 bridgehead atoms. The minimum Gasteiger partial charge on any atom is -0.334 e. The summed E-state index contributed by atoms with van der Waals surface area (Å²) in [5.74, 6) is -0.771. The van der Waals surface area contributed by atoms with Crippen molar-refractivity contribution in [2.45, 2.75) is 40.8 Å². The van der Waals surface area contributed by atoms with Gasteiger partial charge < -0.3 is 4.90 Å². The Morgan fingerprint density at radius 1 is 1.27 bits per heavy atom. The number of halogens is 1. The lowest BCUT2D eigenvalue weighted by atomic mass is 10.1. The third-order valence-corrected chi connectivity index (χ3v) is 3.95. The molecule has 118 valence electrons. The van der Waals surface area contributed by atoms with Crippen LogP contribution in [-0.2, 0) is 13.1 Å². The van der Waals surface area contributed by atoms with Crippen molar-refractivity contribution < 1.29 is 9.18 Å². The molecule has 4 nitrogen and oxygen atoms in total. The fourth-order valence-corrected chi connectivity index (χ4v) is 2.59. The van der Waals surface area contributed by atoms with Gasteiger partial charge in [-0.1, -0.05) is 12.1 Å². The van der Waals surface area contributed by atoms with Crippen molar-refractivity contribution in [1.29, 1.82) is 0 Å². The van der Waals surface area contributed by atoms with Gasteiger partial charge in [0.05, 0.1) is 11.3 Å². The standard InChI is InChI=1S/C17H22FN3O/c1-5-20(17(22)14-9-7-8-10-16(14)18)11-15-12(3)19-21(6-2)13(15)4/h7-10H,5-6,11H2,1-4H3. The maximum absolute atomic E-state index is 13.8. The number of carbonyl (C=O) groups excluding carboxylic acids is 1. The zero-order valence-electron chi connectivity index (χ0n) is 13.6. The van der Waals surface area contributed by atoms with Gasteiger partial charge in [0.25, 0.3) is 5.91 Å². The first-order valence-electron chi connectivity index (χ1n) is 7.56. The van der Waals surface area contributed by atoms with E-state index >= 15 is 0 Å². The number of aromatic nitrogens is 2. The Bertz CT molecular complexity index is 679. The van der Waals surface area contributed by atoms with Gasteiger partial charge in [0, 0.05) is 30.9 Å². The Kier molecular flexibility index (Phi) is 4.96. The van der Waals surface area contributed by atoms with Crippen LogP contribution in [0.5, 0.6) is 0 Å². The minimum absolute atomic E-state index is 0.113. The Labute approximate surface area is 130 Å². The van der Waals surface area contributed by atoms with Crippen molar-refractivity contribution in [2.24, 2.45) is 0 Å². The van der Waals surface area contributed by atoms with Crippen molar-refractivity contribution in [3.8, 4) is 0 Å². The van der Waals surface area contributed by atoms with Crippen LogP contribution in [0.2, 0.25) is 0 Å². The predicted octanol–water partition coefficient (Wildman–Crippen LogP) is 3.32. The molecule has 0 unspecified atom stereocenters.